The molecule has 0 spiro atoms. The summed E-state index contributed by atoms with van der Waals surface area (Å²) in [6.07, 6.45) is 13.2. The molecule has 178 valence electrons. The van der Waals surface area contributed by atoms with Gasteiger partial charge >= 0.3 is 0 Å². The Morgan fingerprint density at radius 3 is 2.50 bits per heavy atom. The van der Waals surface area contributed by atoms with Gasteiger partial charge in [-0.25, -0.2) is 0 Å². The van der Waals surface area contributed by atoms with E-state index >= 15 is 0 Å². The molecule has 2 rings (SSSR count). The SMILES string of the molecule is COc1ccc(COC(C=C(C)C)C/C(C)=C/CC/C(C)=C/COC2CCCCO2)cc1. The van der Waals surface area contributed by atoms with Crippen LogP contribution in [0.25, 0.3) is 0 Å². The van der Waals surface area contributed by atoms with Crippen molar-refractivity contribution in [3.63, 3.8) is 0 Å². The molecule has 0 aliphatic carbocycles. The third kappa shape index (κ3) is 11.1. The van der Waals surface area contributed by atoms with Gasteiger partial charge in [-0.2, -0.15) is 0 Å². The summed E-state index contributed by atoms with van der Waals surface area (Å²) in [7, 11) is 1.68. The molecule has 1 saturated heterocycles. The minimum Gasteiger partial charge on any atom is -0.497 e. The molecular weight excluding hydrogens is 400 g/mol. The molecule has 2 unspecified atom stereocenters. The van der Waals surface area contributed by atoms with Gasteiger partial charge in [-0.1, -0.05) is 47.1 Å². The fourth-order valence-corrected chi connectivity index (χ4v) is 3.65. The van der Waals surface area contributed by atoms with Gasteiger partial charge in [0, 0.05) is 6.61 Å². The Labute approximate surface area is 195 Å². The first-order valence-electron chi connectivity index (χ1n) is 11.9. The van der Waals surface area contributed by atoms with Crippen LogP contribution in [0.2, 0.25) is 0 Å². The number of benzene rings is 1. The third-order valence-electron chi connectivity index (χ3n) is 5.55. The van der Waals surface area contributed by atoms with Gasteiger partial charge < -0.3 is 18.9 Å². The van der Waals surface area contributed by atoms with E-state index < -0.39 is 0 Å². The van der Waals surface area contributed by atoms with Crippen LogP contribution in [0.15, 0.2) is 59.2 Å². The zero-order valence-corrected chi connectivity index (χ0v) is 20.7. The normalized spacial score (nSPS) is 18.3. The van der Waals surface area contributed by atoms with Crippen molar-refractivity contribution in [3.8, 4) is 5.75 Å². The summed E-state index contributed by atoms with van der Waals surface area (Å²) in [6, 6.07) is 8.06. The van der Waals surface area contributed by atoms with Crippen LogP contribution >= 0.6 is 0 Å². The molecule has 0 N–H and O–H groups in total. The minimum absolute atomic E-state index is 0.0140. The summed E-state index contributed by atoms with van der Waals surface area (Å²) >= 11 is 0. The molecular formula is C28H42O4. The summed E-state index contributed by atoms with van der Waals surface area (Å²) in [5.74, 6) is 0.867. The smallest absolute Gasteiger partial charge is 0.157 e. The molecule has 0 saturated carbocycles. The van der Waals surface area contributed by atoms with Gasteiger partial charge in [-0.15, -0.1) is 0 Å². The molecule has 2 atom stereocenters. The molecule has 0 radical (unpaired) electrons. The summed E-state index contributed by atoms with van der Waals surface area (Å²) in [5, 5.41) is 0. The topological polar surface area (TPSA) is 36.9 Å². The lowest BCUT2D eigenvalue weighted by Gasteiger charge is -2.22. The minimum atomic E-state index is -0.0140. The second-order valence-corrected chi connectivity index (χ2v) is 8.91. The summed E-state index contributed by atoms with van der Waals surface area (Å²) in [6.45, 7) is 10.7. The molecule has 1 aliphatic rings. The molecule has 0 aromatic heterocycles. The van der Waals surface area contributed by atoms with Gasteiger partial charge in [0.2, 0.25) is 0 Å². The van der Waals surface area contributed by atoms with Gasteiger partial charge in [0.05, 0.1) is 26.4 Å². The van der Waals surface area contributed by atoms with Crippen molar-refractivity contribution >= 4 is 0 Å². The maximum atomic E-state index is 6.22. The van der Waals surface area contributed by atoms with E-state index in [4.69, 9.17) is 18.9 Å². The molecule has 0 bridgehead atoms. The van der Waals surface area contributed by atoms with Crippen LogP contribution in [-0.4, -0.2) is 32.7 Å². The Morgan fingerprint density at radius 2 is 1.84 bits per heavy atom. The summed E-state index contributed by atoms with van der Waals surface area (Å²) < 4.78 is 22.9. The van der Waals surface area contributed by atoms with Crippen LogP contribution in [0, 0.1) is 0 Å². The average Bonchev–Trinajstić information content (AvgIpc) is 2.78. The van der Waals surface area contributed by atoms with E-state index in [-0.39, 0.29) is 12.4 Å². The predicted octanol–water partition coefficient (Wildman–Crippen LogP) is 7.15. The number of hydrogen-bond acceptors (Lipinski definition) is 4. The molecule has 4 nitrogen and oxygen atoms in total. The van der Waals surface area contributed by atoms with Gasteiger partial charge in [0.1, 0.15) is 5.75 Å². The highest BCUT2D eigenvalue weighted by atomic mass is 16.7. The first-order chi connectivity index (χ1) is 15.5. The van der Waals surface area contributed by atoms with Crippen molar-refractivity contribution in [1.82, 2.24) is 0 Å². The zero-order valence-electron chi connectivity index (χ0n) is 20.7. The van der Waals surface area contributed by atoms with Crippen LogP contribution in [-0.2, 0) is 20.8 Å². The average molecular weight is 443 g/mol. The lowest BCUT2D eigenvalue weighted by Crippen LogP contribution is -2.22. The second kappa shape index (κ2) is 15.0. The van der Waals surface area contributed by atoms with E-state index in [0.29, 0.717) is 13.2 Å². The molecule has 1 aromatic carbocycles. The van der Waals surface area contributed by atoms with Crippen molar-refractivity contribution < 1.29 is 18.9 Å². The maximum Gasteiger partial charge on any atom is 0.157 e. The van der Waals surface area contributed by atoms with Gasteiger partial charge in [0.15, 0.2) is 6.29 Å². The highest BCUT2D eigenvalue weighted by molar-refractivity contribution is 5.26. The van der Waals surface area contributed by atoms with Crippen LogP contribution in [0.3, 0.4) is 0 Å². The first kappa shape index (κ1) is 26.4. The molecule has 1 heterocycles. The van der Waals surface area contributed by atoms with Crippen molar-refractivity contribution in [2.75, 3.05) is 20.3 Å². The molecule has 4 heteroatoms. The van der Waals surface area contributed by atoms with E-state index in [1.807, 2.05) is 12.1 Å². The molecule has 1 fully saturated rings. The Kier molecular flexibility index (Phi) is 12.4. The van der Waals surface area contributed by atoms with Crippen molar-refractivity contribution in [1.29, 1.82) is 0 Å². The Hall–Kier alpha value is -1.88. The van der Waals surface area contributed by atoms with E-state index in [1.54, 1.807) is 7.11 Å². The quantitative estimate of drug-likeness (QED) is 0.304. The zero-order chi connectivity index (χ0) is 23.2. The number of allylic oxidation sites excluding steroid dienone is 3. The maximum absolute atomic E-state index is 6.22. The highest BCUT2D eigenvalue weighted by Crippen LogP contribution is 2.18. The first-order valence-corrected chi connectivity index (χ1v) is 11.9. The van der Waals surface area contributed by atoms with Crippen LogP contribution in [0.5, 0.6) is 5.75 Å². The number of rotatable bonds is 13. The Morgan fingerprint density at radius 1 is 1.06 bits per heavy atom. The van der Waals surface area contributed by atoms with Crippen LogP contribution < -0.4 is 4.74 Å². The molecule has 1 aliphatic heterocycles. The van der Waals surface area contributed by atoms with Gasteiger partial charge in [-0.05, 0) is 83.9 Å². The fourth-order valence-electron chi connectivity index (χ4n) is 3.65. The summed E-state index contributed by atoms with van der Waals surface area (Å²) in [5.41, 5.74) is 5.16. The van der Waals surface area contributed by atoms with Crippen molar-refractivity contribution in [3.05, 3.63) is 64.8 Å². The molecule has 0 amide bonds. The number of methoxy groups -OCH3 is 1. The third-order valence-corrected chi connectivity index (χ3v) is 5.55. The molecule has 32 heavy (non-hydrogen) atoms. The standard InChI is InChI=1S/C28H42O4/c1-22(2)19-27(32-21-25-12-14-26(29-5)15-13-25)20-24(4)10-8-9-23(3)16-18-31-28-11-6-7-17-30-28/h10,12-16,19,27-28H,6-9,11,17-18,20-21H2,1-5H3/b23-16+,24-10+. The monoisotopic (exact) mass is 442 g/mol. The fraction of sp³-hybridized carbons (Fsp3) is 0.571. The Bertz CT molecular complexity index is 735. The highest BCUT2D eigenvalue weighted by Gasteiger charge is 2.13. The van der Waals surface area contributed by atoms with E-state index in [9.17, 15) is 0 Å². The van der Waals surface area contributed by atoms with Crippen molar-refractivity contribution in [2.24, 2.45) is 0 Å². The van der Waals surface area contributed by atoms with E-state index in [0.717, 1.165) is 50.0 Å². The number of hydrogen-bond donors (Lipinski definition) is 0. The van der Waals surface area contributed by atoms with Crippen LogP contribution in [0.1, 0.15) is 71.8 Å². The number of ether oxygens (including phenoxy) is 4. The van der Waals surface area contributed by atoms with Crippen LogP contribution in [0.4, 0.5) is 0 Å². The lowest BCUT2D eigenvalue weighted by atomic mass is 10.0. The Balaban J connectivity index is 1.75. The van der Waals surface area contributed by atoms with Gasteiger partial charge in [-0.3, -0.25) is 0 Å². The van der Waals surface area contributed by atoms with Crippen molar-refractivity contribution in [2.45, 2.75) is 85.2 Å². The molecule has 1 aromatic rings. The predicted molar refractivity (Wildman–Crippen MR) is 132 cm³/mol. The summed E-state index contributed by atoms with van der Waals surface area (Å²) in [4.78, 5) is 0. The van der Waals surface area contributed by atoms with Gasteiger partial charge in [0.25, 0.3) is 0 Å². The van der Waals surface area contributed by atoms with E-state index in [2.05, 4.69) is 58.1 Å². The second-order valence-electron chi connectivity index (χ2n) is 8.91. The lowest BCUT2D eigenvalue weighted by molar-refractivity contribution is -0.155. The largest absolute Gasteiger partial charge is 0.497 e. The van der Waals surface area contributed by atoms with E-state index in [1.165, 1.54) is 23.1 Å².